The average Bonchev–Trinajstić information content (AvgIpc) is 3.19. The Balaban J connectivity index is 1.38. The van der Waals surface area contributed by atoms with Gasteiger partial charge in [0.15, 0.2) is 0 Å². The molecule has 1 fully saturated rings. The summed E-state index contributed by atoms with van der Waals surface area (Å²) < 4.78 is 6.34. The standard InChI is InChI=1S/C25H31N7O3/c1-16-12-17(2)27-25(26-16)32-22(13-18(3)29-32)28-23(33)15-30-10-11-31(14-19(30)4)21-8-6-20(7-9-21)24(34)35-5/h6-9,12-13,19H,10-11,14-15H2,1-5H3,(H,28,33). The summed E-state index contributed by atoms with van der Waals surface area (Å²) in [5, 5.41) is 7.46. The second kappa shape index (κ2) is 10.2. The number of aromatic nitrogens is 4. The Morgan fingerprint density at radius 2 is 1.71 bits per heavy atom. The van der Waals surface area contributed by atoms with Crippen molar-refractivity contribution in [2.24, 2.45) is 0 Å². The van der Waals surface area contributed by atoms with E-state index < -0.39 is 0 Å². The molecule has 4 rings (SSSR count). The molecule has 0 radical (unpaired) electrons. The number of methoxy groups -OCH3 is 1. The van der Waals surface area contributed by atoms with Crippen LogP contribution in [-0.2, 0) is 9.53 Å². The first-order valence-electron chi connectivity index (χ1n) is 11.6. The van der Waals surface area contributed by atoms with Crippen LogP contribution in [0.1, 0.15) is 34.4 Å². The summed E-state index contributed by atoms with van der Waals surface area (Å²) in [6.07, 6.45) is 0. The monoisotopic (exact) mass is 477 g/mol. The van der Waals surface area contributed by atoms with Crippen LogP contribution in [0, 0.1) is 20.8 Å². The molecule has 2 aromatic heterocycles. The molecule has 10 heteroatoms. The summed E-state index contributed by atoms with van der Waals surface area (Å²) in [6.45, 7) is 10.4. The minimum atomic E-state index is -0.346. The number of rotatable bonds is 6. The van der Waals surface area contributed by atoms with Gasteiger partial charge in [-0.1, -0.05) is 0 Å². The fraction of sp³-hybridized carbons (Fsp3) is 0.400. The summed E-state index contributed by atoms with van der Waals surface area (Å²) in [5.74, 6) is 0.528. The molecular formula is C25H31N7O3. The third-order valence-electron chi connectivity index (χ3n) is 6.02. The maximum Gasteiger partial charge on any atom is 0.337 e. The van der Waals surface area contributed by atoms with Crippen LogP contribution in [0.5, 0.6) is 0 Å². The topological polar surface area (TPSA) is 105 Å². The van der Waals surface area contributed by atoms with E-state index in [0.29, 0.717) is 17.3 Å². The van der Waals surface area contributed by atoms with E-state index in [1.54, 1.807) is 16.8 Å². The Kier molecular flexibility index (Phi) is 7.11. The van der Waals surface area contributed by atoms with Gasteiger partial charge in [0.05, 0.1) is 24.9 Å². The van der Waals surface area contributed by atoms with Gasteiger partial charge in [-0.15, -0.1) is 0 Å². The predicted molar refractivity (Wildman–Crippen MR) is 133 cm³/mol. The highest BCUT2D eigenvalue weighted by Crippen LogP contribution is 2.21. The van der Waals surface area contributed by atoms with Gasteiger partial charge in [0.2, 0.25) is 5.91 Å². The van der Waals surface area contributed by atoms with E-state index in [-0.39, 0.29) is 24.5 Å². The largest absolute Gasteiger partial charge is 0.465 e. The van der Waals surface area contributed by atoms with Crippen molar-refractivity contribution in [2.75, 3.05) is 43.5 Å². The third kappa shape index (κ3) is 5.65. The molecule has 1 aromatic carbocycles. The Hall–Kier alpha value is -3.79. The first-order valence-corrected chi connectivity index (χ1v) is 11.6. The van der Waals surface area contributed by atoms with Gasteiger partial charge in [-0.2, -0.15) is 9.78 Å². The van der Waals surface area contributed by atoms with Crippen LogP contribution >= 0.6 is 0 Å². The number of ether oxygens (including phenoxy) is 1. The van der Waals surface area contributed by atoms with Gasteiger partial charge in [-0.3, -0.25) is 9.69 Å². The van der Waals surface area contributed by atoms with E-state index in [1.165, 1.54) is 7.11 Å². The highest BCUT2D eigenvalue weighted by molar-refractivity contribution is 5.92. The number of anilines is 2. The second-order valence-corrected chi connectivity index (χ2v) is 8.89. The van der Waals surface area contributed by atoms with Crippen molar-refractivity contribution < 1.29 is 14.3 Å². The quantitative estimate of drug-likeness (QED) is 0.540. The van der Waals surface area contributed by atoms with Crippen molar-refractivity contribution in [3.05, 3.63) is 59.0 Å². The molecule has 3 heterocycles. The zero-order valence-electron chi connectivity index (χ0n) is 20.8. The zero-order chi connectivity index (χ0) is 25.1. The lowest BCUT2D eigenvalue weighted by Gasteiger charge is -2.40. The maximum absolute atomic E-state index is 12.9. The van der Waals surface area contributed by atoms with Gasteiger partial charge in [0.1, 0.15) is 5.82 Å². The van der Waals surface area contributed by atoms with Crippen molar-refractivity contribution in [2.45, 2.75) is 33.7 Å². The molecule has 1 unspecified atom stereocenters. The van der Waals surface area contributed by atoms with Crippen LogP contribution < -0.4 is 10.2 Å². The number of nitrogens with one attached hydrogen (secondary N) is 1. The number of hydrogen-bond acceptors (Lipinski definition) is 8. The van der Waals surface area contributed by atoms with Crippen molar-refractivity contribution >= 4 is 23.4 Å². The Morgan fingerprint density at radius 3 is 2.34 bits per heavy atom. The van der Waals surface area contributed by atoms with Crippen LogP contribution in [0.25, 0.3) is 5.95 Å². The van der Waals surface area contributed by atoms with Gasteiger partial charge in [-0.05, 0) is 58.0 Å². The number of carbonyl (C=O) groups is 2. The van der Waals surface area contributed by atoms with Crippen molar-refractivity contribution in [3.63, 3.8) is 0 Å². The van der Waals surface area contributed by atoms with Crippen LogP contribution in [0.4, 0.5) is 11.5 Å². The predicted octanol–water partition coefficient (Wildman–Crippen LogP) is 2.52. The molecule has 0 saturated carbocycles. The first-order chi connectivity index (χ1) is 16.7. The number of benzene rings is 1. The van der Waals surface area contributed by atoms with Crippen LogP contribution in [-0.4, -0.2) is 75.9 Å². The van der Waals surface area contributed by atoms with Crippen LogP contribution in [0.3, 0.4) is 0 Å². The number of esters is 1. The van der Waals surface area contributed by atoms with E-state index in [4.69, 9.17) is 4.74 Å². The molecule has 35 heavy (non-hydrogen) atoms. The molecule has 1 saturated heterocycles. The molecule has 10 nitrogen and oxygen atoms in total. The van der Waals surface area contributed by atoms with Gasteiger partial charge >= 0.3 is 5.97 Å². The average molecular weight is 478 g/mol. The highest BCUT2D eigenvalue weighted by atomic mass is 16.5. The van der Waals surface area contributed by atoms with Crippen molar-refractivity contribution in [1.29, 1.82) is 0 Å². The number of carbonyl (C=O) groups excluding carboxylic acids is 2. The first kappa shape index (κ1) is 24.3. The van der Waals surface area contributed by atoms with E-state index >= 15 is 0 Å². The van der Waals surface area contributed by atoms with Gasteiger partial charge < -0.3 is 15.0 Å². The highest BCUT2D eigenvalue weighted by Gasteiger charge is 2.26. The van der Waals surface area contributed by atoms with Crippen LogP contribution in [0.15, 0.2) is 36.4 Å². The number of hydrogen-bond donors (Lipinski definition) is 1. The van der Waals surface area contributed by atoms with Gasteiger partial charge in [0, 0.05) is 48.8 Å². The summed E-state index contributed by atoms with van der Waals surface area (Å²) in [6, 6.07) is 11.3. The smallest absolute Gasteiger partial charge is 0.337 e. The van der Waals surface area contributed by atoms with E-state index in [1.807, 2.05) is 45.0 Å². The molecule has 1 atom stereocenters. The molecule has 0 spiro atoms. The number of aryl methyl sites for hydroxylation is 3. The lowest BCUT2D eigenvalue weighted by Crippen LogP contribution is -2.53. The minimum absolute atomic E-state index is 0.113. The van der Waals surface area contributed by atoms with E-state index in [2.05, 4.69) is 37.1 Å². The number of nitrogens with zero attached hydrogens (tertiary/aromatic N) is 6. The fourth-order valence-corrected chi connectivity index (χ4v) is 4.30. The molecule has 1 amide bonds. The summed E-state index contributed by atoms with van der Waals surface area (Å²) in [4.78, 5) is 38.0. The maximum atomic E-state index is 12.9. The minimum Gasteiger partial charge on any atom is -0.465 e. The fourth-order valence-electron chi connectivity index (χ4n) is 4.30. The lowest BCUT2D eigenvalue weighted by molar-refractivity contribution is -0.117. The Bertz CT molecular complexity index is 1200. The molecule has 1 aliphatic rings. The number of piperazine rings is 1. The van der Waals surface area contributed by atoms with Crippen molar-refractivity contribution in [1.82, 2.24) is 24.6 Å². The summed E-state index contributed by atoms with van der Waals surface area (Å²) in [5.41, 5.74) is 4.01. The summed E-state index contributed by atoms with van der Waals surface area (Å²) in [7, 11) is 1.37. The molecule has 0 bridgehead atoms. The molecule has 1 aliphatic heterocycles. The van der Waals surface area contributed by atoms with Gasteiger partial charge in [-0.25, -0.2) is 14.8 Å². The summed E-state index contributed by atoms with van der Waals surface area (Å²) >= 11 is 0. The molecule has 0 aliphatic carbocycles. The van der Waals surface area contributed by atoms with Crippen LogP contribution in [0.2, 0.25) is 0 Å². The van der Waals surface area contributed by atoms with E-state index in [9.17, 15) is 9.59 Å². The van der Waals surface area contributed by atoms with Crippen molar-refractivity contribution in [3.8, 4) is 5.95 Å². The molecule has 184 valence electrons. The number of amides is 1. The SMILES string of the molecule is COC(=O)c1ccc(N2CCN(CC(=O)Nc3cc(C)nn3-c3nc(C)cc(C)n3)C(C)C2)cc1. The second-order valence-electron chi connectivity index (χ2n) is 8.89. The molecular weight excluding hydrogens is 446 g/mol. The normalized spacial score (nSPS) is 16.3. The lowest BCUT2D eigenvalue weighted by atomic mass is 10.1. The Labute approximate surface area is 204 Å². The molecule has 1 N–H and O–H groups in total. The van der Waals surface area contributed by atoms with Gasteiger partial charge in [0.25, 0.3) is 5.95 Å². The zero-order valence-corrected chi connectivity index (χ0v) is 20.8. The Morgan fingerprint density at radius 1 is 1.03 bits per heavy atom. The molecule has 3 aromatic rings. The van der Waals surface area contributed by atoms with E-state index in [0.717, 1.165) is 42.4 Å². The third-order valence-corrected chi connectivity index (χ3v) is 6.02.